The number of nitrogens with zero attached hydrogens (tertiary/aromatic N) is 1. The number of carbonyl (C=O) groups excluding carboxylic acids is 1. The second kappa shape index (κ2) is 3.61. The van der Waals surface area contributed by atoms with Gasteiger partial charge in [-0.25, -0.2) is 0 Å². The highest BCUT2D eigenvalue weighted by molar-refractivity contribution is 5.76. The van der Waals surface area contributed by atoms with Gasteiger partial charge in [0.05, 0.1) is 6.42 Å². The van der Waals surface area contributed by atoms with Crippen LogP contribution in [-0.2, 0) is 11.2 Å². The van der Waals surface area contributed by atoms with Crippen LogP contribution in [0, 0.1) is 4.91 Å². The van der Waals surface area contributed by atoms with E-state index in [0.29, 0.717) is 11.3 Å². The van der Waals surface area contributed by atoms with Crippen LogP contribution in [0.5, 0.6) is 0 Å². The number of amides is 1. The Kier molecular flexibility index (Phi) is 2.53. The molecule has 0 unspecified atom stereocenters. The van der Waals surface area contributed by atoms with E-state index in [-0.39, 0.29) is 6.42 Å². The summed E-state index contributed by atoms with van der Waals surface area (Å²) in [4.78, 5) is 20.6. The van der Waals surface area contributed by atoms with Crippen molar-refractivity contribution in [1.82, 2.24) is 0 Å². The molecule has 62 valence electrons. The summed E-state index contributed by atoms with van der Waals surface area (Å²) >= 11 is 0. The molecule has 0 spiro atoms. The second-order valence-corrected chi connectivity index (χ2v) is 2.40. The van der Waals surface area contributed by atoms with E-state index < -0.39 is 5.91 Å². The average molecular weight is 164 g/mol. The molecule has 12 heavy (non-hydrogen) atoms. The Morgan fingerprint density at radius 1 is 1.50 bits per heavy atom. The maximum absolute atomic E-state index is 10.5. The standard InChI is InChI=1S/C8H8N2O2/c9-8(11)5-6-2-1-3-7(4-6)10-12/h1-4H,5H2,(H2,9,11). The fourth-order valence-corrected chi connectivity index (χ4v) is 0.924. The van der Waals surface area contributed by atoms with Crippen LogP contribution in [0.25, 0.3) is 0 Å². The van der Waals surface area contributed by atoms with Crippen molar-refractivity contribution in [3.63, 3.8) is 0 Å². The van der Waals surface area contributed by atoms with E-state index in [4.69, 9.17) is 5.73 Å². The number of carbonyl (C=O) groups is 1. The number of hydrogen-bond acceptors (Lipinski definition) is 3. The molecule has 0 heterocycles. The molecule has 4 nitrogen and oxygen atoms in total. The Balaban J connectivity index is 2.86. The van der Waals surface area contributed by atoms with E-state index in [1.807, 2.05) is 0 Å². The van der Waals surface area contributed by atoms with Crippen molar-refractivity contribution in [2.24, 2.45) is 10.9 Å². The third-order valence-corrected chi connectivity index (χ3v) is 1.39. The molecular weight excluding hydrogens is 156 g/mol. The second-order valence-electron chi connectivity index (χ2n) is 2.40. The Morgan fingerprint density at radius 2 is 2.25 bits per heavy atom. The summed E-state index contributed by atoms with van der Waals surface area (Å²) in [5, 5.41) is 2.74. The maximum Gasteiger partial charge on any atom is 0.221 e. The fraction of sp³-hybridized carbons (Fsp3) is 0.125. The monoisotopic (exact) mass is 164 g/mol. The van der Waals surface area contributed by atoms with Gasteiger partial charge in [-0.2, -0.15) is 0 Å². The van der Waals surface area contributed by atoms with E-state index in [2.05, 4.69) is 5.18 Å². The highest BCUT2D eigenvalue weighted by Gasteiger charge is 1.98. The maximum atomic E-state index is 10.5. The molecule has 4 heteroatoms. The van der Waals surface area contributed by atoms with Crippen molar-refractivity contribution < 1.29 is 4.79 Å². The van der Waals surface area contributed by atoms with E-state index in [1.54, 1.807) is 18.2 Å². The largest absolute Gasteiger partial charge is 0.369 e. The Hall–Kier alpha value is -1.71. The normalized spacial score (nSPS) is 9.33. The van der Waals surface area contributed by atoms with E-state index >= 15 is 0 Å². The van der Waals surface area contributed by atoms with Gasteiger partial charge in [0.2, 0.25) is 5.91 Å². The molecule has 0 radical (unpaired) electrons. The Bertz CT molecular complexity index is 310. The molecule has 0 aliphatic rings. The minimum absolute atomic E-state index is 0.142. The van der Waals surface area contributed by atoms with E-state index in [1.165, 1.54) is 6.07 Å². The molecule has 0 saturated heterocycles. The predicted molar refractivity (Wildman–Crippen MR) is 44.8 cm³/mol. The third kappa shape index (κ3) is 2.16. The summed E-state index contributed by atoms with van der Waals surface area (Å²) in [5.74, 6) is -0.418. The average Bonchev–Trinajstić information content (AvgIpc) is 2.03. The molecule has 0 bridgehead atoms. The summed E-state index contributed by atoms with van der Waals surface area (Å²) in [6.07, 6.45) is 0.142. The first-order valence-corrected chi connectivity index (χ1v) is 3.43. The lowest BCUT2D eigenvalue weighted by atomic mass is 10.1. The molecule has 0 saturated carbocycles. The Morgan fingerprint density at radius 3 is 2.83 bits per heavy atom. The Labute approximate surface area is 69.4 Å². The predicted octanol–water partition coefficient (Wildman–Crippen LogP) is 1.11. The lowest BCUT2D eigenvalue weighted by Crippen LogP contribution is -2.13. The van der Waals surface area contributed by atoms with Crippen LogP contribution in [0.3, 0.4) is 0 Å². The quantitative estimate of drug-likeness (QED) is 0.679. The molecular formula is C8H8N2O2. The van der Waals surface area contributed by atoms with Gasteiger partial charge in [0, 0.05) is 0 Å². The summed E-state index contributed by atoms with van der Waals surface area (Å²) in [6, 6.07) is 6.49. The highest BCUT2D eigenvalue weighted by atomic mass is 16.3. The molecule has 0 aliphatic carbocycles. The van der Waals surface area contributed by atoms with E-state index in [0.717, 1.165) is 0 Å². The number of rotatable bonds is 3. The molecule has 1 rings (SSSR count). The topological polar surface area (TPSA) is 72.5 Å². The van der Waals surface area contributed by atoms with E-state index in [9.17, 15) is 9.70 Å². The van der Waals surface area contributed by atoms with Crippen molar-refractivity contribution in [3.05, 3.63) is 34.7 Å². The molecule has 1 aromatic rings. The first-order valence-electron chi connectivity index (χ1n) is 3.43. The third-order valence-electron chi connectivity index (χ3n) is 1.39. The van der Waals surface area contributed by atoms with Gasteiger partial charge < -0.3 is 5.73 Å². The fourth-order valence-electron chi connectivity index (χ4n) is 0.924. The molecule has 0 fully saturated rings. The number of nitroso groups, excluding NO2 is 1. The van der Waals surface area contributed by atoms with Crippen LogP contribution < -0.4 is 5.73 Å². The number of primary amides is 1. The summed E-state index contributed by atoms with van der Waals surface area (Å²) in [7, 11) is 0. The van der Waals surface area contributed by atoms with Crippen molar-refractivity contribution in [1.29, 1.82) is 0 Å². The smallest absolute Gasteiger partial charge is 0.221 e. The van der Waals surface area contributed by atoms with Gasteiger partial charge in [-0.15, -0.1) is 4.91 Å². The number of nitrogens with two attached hydrogens (primary N) is 1. The zero-order valence-electron chi connectivity index (χ0n) is 6.36. The number of benzene rings is 1. The molecule has 0 atom stereocenters. The zero-order valence-corrected chi connectivity index (χ0v) is 6.36. The van der Waals surface area contributed by atoms with Gasteiger partial charge in [0.25, 0.3) is 0 Å². The van der Waals surface area contributed by atoms with Crippen molar-refractivity contribution >= 4 is 11.6 Å². The van der Waals surface area contributed by atoms with Crippen molar-refractivity contribution in [2.45, 2.75) is 6.42 Å². The molecule has 0 aromatic heterocycles. The first-order chi connectivity index (χ1) is 5.72. The van der Waals surface area contributed by atoms with Gasteiger partial charge >= 0.3 is 0 Å². The molecule has 0 aliphatic heterocycles. The van der Waals surface area contributed by atoms with Crippen LogP contribution in [0.4, 0.5) is 5.69 Å². The lowest BCUT2D eigenvalue weighted by molar-refractivity contribution is -0.117. The summed E-state index contributed by atoms with van der Waals surface area (Å²) in [6.45, 7) is 0. The van der Waals surface area contributed by atoms with Crippen LogP contribution in [0.15, 0.2) is 29.4 Å². The van der Waals surface area contributed by atoms with Crippen molar-refractivity contribution in [2.75, 3.05) is 0 Å². The van der Waals surface area contributed by atoms with Crippen LogP contribution in [0.1, 0.15) is 5.56 Å². The molecule has 2 N–H and O–H groups in total. The molecule has 1 amide bonds. The molecule has 1 aromatic carbocycles. The zero-order chi connectivity index (χ0) is 8.97. The lowest BCUT2D eigenvalue weighted by Gasteiger charge is -1.96. The van der Waals surface area contributed by atoms with Crippen LogP contribution in [0.2, 0.25) is 0 Å². The summed E-state index contributed by atoms with van der Waals surface area (Å²) in [5.41, 5.74) is 5.99. The summed E-state index contributed by atoms with van der Waals surface area (Å²) < 4.78 is 0. The SMILES string of the molecule is NC(=O)Cc1cccc(N=O)c1. The van der Waals surface area contributed by atoms with Gasteiger partial charge in [0.15, 0.2) is 0 Å². The van der Waals surface area contributed by atoms with Crippen LogP contribution >= 0.6 is 0 Å². The van der Waals surface area contributed by atoms with Gasteiger partial charge in [-0.1, -0.05) is 12.1 Å². The number of hydrogen-bond donors (Lipinski definition) is 1. The minimum Gasteiger partial charge on any atom is -0.369 e. The van der Waals surface area contributed by atoms with Crippen LogP contribution in [-0.4, -0.2) is 5.91 Å². The first kappa shape index (κ1) is 8.39. The highest BCUT2D eigenvalue weighted by Crippen LogP contribution is 2.13. The minimum atomic E-state index is -0.418. The van der Waals surface area contributed by atoms with Gasteiger partial charge in [-0.05, 0) is 22.9 Å². The van der Waals surface area contributed by atoms with Gasteiger partial charge in [-0.3, -0.25) is 4.79 Å². The van der Waals surface area contributed by atoms with Crippen molar-refractivity contribution in [3.8, 4) is 0 Å². The van der Waals surface area contributed by atoms with Gasteiger partial charge in [0.1, 0.15) is 5.69 Å².